The highest BCUT2D eigenvalue weighted by atomic mass is 79.9. The van der Waals surface area contributed by atoms with Gasteiger partial charge in [0.2, 0.25) is 0 Å². The Balaban J connectivity index is 3.28. The Hall–Kier alpha value is -1.21. The van der Waals surface area contributed by atoms with Gasteiger partial charge in [0, 0.05) is 0 Å². The first-order valence-electron chi connectivity index (χ1n) is 3.68. The zero-order chi connectivity index (χ0) is 10.6. The molecule has 0 atom stereocenters. The molecule has 0 aliphatic heterocycles. The second-order valence-corrected chi connectivity index (χ2v) is 2.94. The molecule has 0 aromatic heterocycles. The van der Waals surface area contributed by atoms with E-state index < -0.39 is 17.2 Å². The molecule has 0 amide bonds. The lowest BCUT2D eigenvalue weighted by Crippen LogP contribution is -1.96. The smallest absolute Gasteiger partial charge is 0.156 e. The quantitative estimate of drug-likeness (QED) is 0.430. The summed E-state index contributed by atoms with van der Waals surface area (Å²) in [6, 6.07) is 2.22. The maximum Gasteiger partial charge on any atom is 0.156 e. The minimum Gasteiger partial charge on any atom is -0.298 e. The van der Waals surface area contributed by atoms with E-state index in [1.807, 2.05) is 0 Å². The first kappa shape index (κ1) is 10.9. The summed E-state index contributed by atoms with van der Waals surface area (Å²) in [6.45, 7) is 0. The van der Waals surface area contributed by atoms with Crippen LogP contribution in [0.25, 0.3) is 0 Å². The van der Waals surface area contributed by atoms with Crippen LogP contribution in [0.3, 0.4) is 0 Å². The van der Waals surface area contributed by atoms with E-state index in [1.165, 1.54) is 6.07 Å². The molecule has 1 nitrogen and oxygen atoms in total. The number of alkyl halides is 1. The van der Waals surface area contributed by atoms with Crippen molar-refractivity contribution in [1.29, 1.82) is 0 Å². The van der Waals surface area contributed by atoms with Crippen LogP contribution in [0, 0.1) is 23.5 Å². The van der Waals surface area contributed by atoms with Crippen molar-refractivity contribution in [3.63, 3.8) is 0 Å². The van der Waals surface area contributed by atoms with E-state index in [0.29, 0.717) is 5.33 Å². The van der Waals surface area contributed by atoms with Gasteiger partial charge in [0.25, 0.3) is 0 Å². The number of carbonyl (C=O) groups excluding carboxylic acids is 1. The van der Waals surface area contributed by atoms with Crippen LogP contribution in [-0.2, 0) is 0 Å². The molecule has 0 radical (unpaired) electrons. The van der Waals surface area contributed by atoms with Crippen LogP contribution in [0.2, 0.25) is 0 Å². The topological polar surface area (TPSA) is 17.1 Å². The highest BCUT2D eigenvalue weighted by molar-refractivity contribution is 9.09. The van der Waals surface area contributed by atoms with Crippen LogP contribution in [-0.4, -0.2) is 11.6 Å². The summed E-state index contributed by atoms with van der Waals surface area (Å²) in [7, 11) is 0. The lowest BCUT2D eigenvalue weighted by molar-refractivity contribution is 0.111. The second kappa shape index (κ2) is 4.87. The number of rotatable bonds is 1. The lowest BCUT2D eigenvalue weighted by atomic mass is 10.1. The molecule has 0 aliphatic rings. The Bertz CT molecular complexity index is 418. The molecule has 0 saturated heterocycles. The van der Waals surface area contributed by atoms with Crippen molar-refractivity contribution in [3.8, 4) is 11.8 Å². The number of carbonyl (C=O) groups is 1. The van der Waals surface area contributed by atoms with Crippen molar-refractivity contribution in [2.45, 2.75) is 0 Å². The maximum atomic E-state index is 13.3. The van der Waals surface area contributed by atoms with E-state index in [2.05, 4.69) is 27.8 Å². The van der Waals surface area contributed by atoms with Crippen LogP contribution in [0.5, 0.6) is 0 Å². The maximum absolute atomic E-state index is 13.3. The Labute approximate surface area is 88.3 Å². The fraction of sp³-hybridized carbons (Fsp3) is 0.100. The van der Waals surface area contributed by atoms with Crippen molar-refractivity contribution in [2.75, 3.05) is 5.33 Å². The van der Waals surface area contributed by atoms with Crippen LogP contribution in [0.15, 0.2) is 12.1 Å². The van der Waals surface area contributed by atoms with Crippen LogP contribution < -0.4 is 0 Å². The lowest BCUT2D eigenvalue weighted by Gasteiger charge is -1.98. The number of aldehydes is 1. The second-order valence-electron chi connectivity index (χ2n) is 2.38. The minimum absolute atomic E-state index is 0.0213. The van der Waals surface area contributed by atoms with E-state index in [0.717, 1.165) is 6.07 Å². The van der Waals surface area contributed by atoms with Gasteiger partial charge >= 0.3 is 0 Å². The summed E-state index contributed by atoms with van der Waals surface area (Å²) in [6.07, 6.45) is 0.143. The monoisotopic (exact) mass is 258 g/mol. The fourth-order valence-corrected chi connectivity index (χ4v) is 1.04. The molecule has 4 heteroatoms. The average molecular weight is 259 g/mol. The normalized spacial score (nSPS) is 9.07. The summed E-state index contributed by atoms with van der Waals surface area (Å²) < 4.78 is 26.1. The van der Waals surface area contributed by atoms with Crippen molar-refractivity contribution in [1.82, 2.24) is 0 Å². The molecular formula is C10H5BrF2O. The molecule has 1 rings (SSSR count). The molecule has 1 aromatic carbocycles. The predicted molar refractivity (Wildman–Crippen MR) is 52.4 cm³/mol. The van der Waals surface area contributed by atoms with Gasteiger partial charge in [-0.05, 0) is 12.1 Å². The first-order chi connectivity index (χ1) is 6.70. The zero-order valence-corrected chi connectivity index (χ0v) is 8.57. The van der Waals surface area contributed by atoms with Crippen molar-refractivity contribution >= 4 is 22.2 Å². The van der Waals surface area contributed by atoms with E-state index in [1.54, 1.807) is 0 Å². The number of hydrogen-bond acceptors (Lipinski definition) is 1. The van der Waals surface area contributed by atoms with E-state index in [9.17, 15) is 13.6 Å². The molecule has 1 aromatic rings. The van der Waals surface area contributed by atoms with Gasteiger partial charge in [0.05, 0.1) is 16.5 Å². The highest BCUT2D eigenvalue weighted by Gasteiger charge is 2.10. The van der Waals surface area contributed by atoms with Crippen LogP contribution in [0.1, 0.15) is 15.9 Å². The molecule has 0 saturated carbocycles. The molecule has 0 unspecified atom stereocenters. The number of halogens is 3. The Morgan fingerprint density at radius 1 is 1.43 bits per heavy atom. The molecular weight excluding hydrogens is 254 g/mol. The number of hydrogen-bond donors (Lipinski definition) is 0. The fourth-order valence-electron chi connectivity index (χ4n) is 0.903. The summed E-state index contributed by atoms with van der Waals surface area (Å²) in [5.74, 6) is 3.25. The van der Waals surface area contributed by atoms with Crippen molar-refractivity contribution < 1.29 is 13.6 Å². The minimum atomic E-state index is -0.909. The Kier molecular flexibility index (Phi) is 3.78. The van der Waals surface area contributed by atoms with Crippen LogP contribution >= 0.6 is 15.9 Å². The van der Waals surface area contributed by atoms with E-state index >= 15 is 0 Å². The van der Waals surface area contributed by atoms with Gasteiger partial charge in [0.15, 0.2) is 12.1 Å². The van der Waals surface area contributed by atoms with Crippen LogP contribution in [0.4, 0.5) is 8.78 Å². The van der Waals surface area contributed by atoms with E-state index in [-0.39, 0.29) is 11.8 Å². The van der Waals surface area contributed by atoms with Gasteiger partial charge in [-0.2, -0.15) is 0 Å². The van der Waals surface area contributed by atoms with E-state index in [4.69, 9.17) is 0 Å². The third-order valence-corrected chi connectivity index (χ3v) is 1.81. The SMILES string of the molecule is O=Cc1c(F)ccc(C#CCBr)c1F. The standard InChI is InChI=1S/C10H5BrF2O/c11-5-1-2-7-3-4-9(12)8(6-14)10(7)13/h3-4,6H,5H2. The summed E-state index contributed by atoms with van der Waals surface area (Å²) in [4.78, 5) is 10.3. The van der Waals surface area contributed by atoms with Gasteiger partial charge in [-0.1, -0.05) is 27.8 Å². The van der Waals surface area contributed by atoms with Gasteiger partial charge in [0.1, 0.15) is 5.82 Å². The largest absolute Gasteiger partial charge is 0.298 e. The Morgan fingerprint density at radius 2 is 2.14 bits per heavy atom. The van der Waals surface area contributed by atoms with Gasteiger partial charge in [-0.3, -0.25) is 4.79 Å². The molecule has 72 valence electrons. The molecule has 0 spiro atoms. The summed E-state index contributed by atoms with van der Waals surface area (Å²) in [5.41, 5.74) is -0.556. The van der Waals surface area contributed by atoms with Crippen molar-refractivity contribution in [3.05, 3.63) is 34.9 Å². The average Bonchev–Trinajstić information content (AvgIpc) is 2.18. The van der Waals surface area contributed by atoms with Gasteiger partial charge in [-0.15, -0.1) is 0 Å². The molecule has 0 fully saturated rings. The summed E-state index contributed by atoms with van der Waals surface area (Å²) in [5, 5.41) is 0.389. The Morgan fingerprint density at radius 3 is 2.71 bits per heavy atom. The van der Waals surface area contributed by atoms with Gasteiger partial charge in [-0.25, -0.2) is 8.78 Å². The zero-order valence-electron chi connectivity index (χ0n) is 6.98. The first-order valence-corrected chi connectivity index (χ1v) is 4.81. The molecule has 0 bridgehead atoms. The number of benzene rings is 1. The predicted octanol–water partition coefficient (Wildman–Crippen LogP) is 2.52. The molecule has 0 N–H and O–H groups in total. The van der Waals surface area contributed by atoms with Crippen molar-refractivity contribution in [2.24, 2.45) is 0 Å². The van der Waals surface area contributed by atoms with Gasteiger partial charge < -0.3 is 0 Å². The third-order valence-electron chi connectivity index (χ3n) is 1.53. The molecule has 0 heterocycles. The summed E-state index contributed by atoms with van der Waals surface area (Å²) >= 11 is 3.04. The molecule has 0 aliphatic carbocycles. The third kappa shape index (κ3) is 2.18. The highest BCUT2D eigenvalue weighted by Crippen LogP contribution is 2.14. The molecule has 14 heavy (non-hydrogen) atoms.